The number of carboxylic acid groups (broad SMARTS) is 1. The quantitative estimate of drug-likeness (QED) is 0.521. The Bertz CT molecular complexity index is 312. The van der Waals surface area contributed by atoms with Crippen molar-refractivity contribution < 1.29 is 20.1 Å². The van der Waals surface area contributed by atoms with Gasteiger partial charge < -0.3 is 15.3 Å². The molecule has 0 aliphatic rings. The van der Waals surface area contributed by atoms with Crippen LogP contribution in [0.1, 0.15) is 5.69 Å². The third kappa shape index (κ3) is 2.79. The Hall–Kier alpha value is -1.47. The van der Waals surface area contributed by atoms with Gasteiger partial charge in [-0.3, -0.25) is 4.79 Å². The fraction of sp³-hybridized carbons (Fsp3) is 0.571. The van der Waals surface area contributed by atoms with Crippen LogP contribution < -0.4 is 0 Å². The molecule has 1 heterocycles. The molecule has 1 atom stereocenters. The summed E-state index contributed by atoms with van der Waals surface area (Å²) in [5.74, 6) is -0.993. The van der Waals surface area contributed by atoms with Crippen molar-refractivity contribution in [3.8, 4) is 0 Å². The highest BCUT2D eigenvalue weighted by atomic mass is 16.4. The van der Waals surface area contributed by atoms with E-state index in [1.54, 1.807) is 0 Å². The summed E-state index contributed by atoms with van der Waals surface area (Å²) in [5, 5.41) is 33.3. The highest BCUT2D eigenvalue weighted by molar-refractivity contribution is 5.69. The Morgan fingerprint density at radius 1 is 1.64 bits per heavy atom. The van der Waals surface area contributed by atoms with E-state index in [-0.39, 0.29) is 13.0 Å². The smallest absolute Gasteiger partial charge is 0.309 e. The van der Waals surface area contributed by atoms with E-state index in [9.17, 15) is 4.79 Å². The summed E-state index contributed by atoms with van der Waals surface area (Å²) < 4.78 is 1.26. The molecule has 0 saturated heterocycles. The Balaban J connectivity index is 2.67. The normalized spacial score (nSPS) is 12.7. The van der Waals surface area contributed by atoms with Gasteiger partial charge in [-0.15, -0.1) is 5.10 Å². The van der Waals surface area contributed by atoms with Crippen LogP contribution in [0.3, 0.4) is 0 Å². The zero-order chi connectivity index (χ0) is 10.6. The van der Waals surface area contributed by atoms with E-state index >= 15 is 0 Å². The van der Waals surface area contributed by atoms with Crippen molar-refractivity contribution in [1.82, 2.24) is 15.0 Å². The van der Waals surface area contributed by atoms with Gasteiger partial charge in [0.15, 0.2) is 0 Å². The third-order valence-electron chi connectivity index (χ3n) is 1.62. The lowest BCUT2D eigenvalue weighted by atomic mass is 10.3. The molecule has 7 nitrogen and oxygen atoms in total. The summed E-state index contributed by atoms with van der Waals surface area (Å²) >= 11 is 0. The second-order valence-corrected chi connectivity index (χ2v) is 2.81. The number of aliphatic hydroxyl groups excluding tert-OH is 2. The SMILES string of the molecule is O=C(O)Cc1cnnn1CC(O)CO. The molecule has 1 aromatic rings. The largest absolute Gasteiger partial charge is 0.481 e. The zero-order valence-electron chi connectivity index (χ0n) is 7.37. The number of carboxylic acids is 1. The molecule has 78 valence electrons. The molecule has 14 heavy (non-hydrogen) atoms. The number of nitrogens with zero attached hydrogens (tertiary/aromatic N) is 3. The zero-order valence-corrected chi connectivity index (χ0v) is 7.37. The fourth-order valence-corrected chi connectivity index (χ4v) is 0.982. The maximum atomic E-state index is 10.4. The average molecular weight is 201 g/mol. The summed E-state index contributed by atoms with van der Waals surface area (Å²) in [6, 6.07) is 0. The summed E-state index contributed by atoms with van der Waals surface area (Å²) in [4.78, 5) is 10.4. The Morgan fingerprint density at radius 2 is 2.36 bits per heavy atom. The number of aromatic nitrogens is 3. The first-order valence-corrected chi connectivity index (χ1v) is 4.01. The van der Waals surface area contributed by atoms with Gasteiger partial charge in [-0.05, 0) is 0 Å². The van der Waals surface area contributed by atoms with Gasteiger partial charge in [0.25, 0.3) is 0 Å². The second-order valence-electron chi connectivity index (χ2n) is 2.81. The Kier molecular flexibility index (Phi) is 3.55. The maximum Gasteiger partial charge on any atom is 0.309 e. The lowest BCUT2D eigenvalue weighted by Crippen LogP contribution is -2.22. The van der Waals surface area contributed by atoms with Crippen LogP contribution in [-0.4, -0.2) is 49.0 Å². The number of hydrogen-bond donors (Lipinski definition) is 3. The van der Waals surface area contributed by atoms with E-state index in [0.29, 0.717) is 5.69 Å². The molecule has 0 aromatic carbocycles. The molecule has 3 N–H and O–H groups in total. The molecule has 0 aliphatic carbocycles. The van der Waals surface area contributed by atoms with Crippen molar-refractivity contribution in [2.75, 3.05) is 6.61 Å². The van der Waals surface area contributed by atoms with Gasteiger partial charge in [0.2, 0.25) is 0 Å². The fourth-order valence-electron chi connectivity index (χ4n) is 0.982. The topological polar surface area (TPSA) is 108 Å². The number of aliphatic carboxylic acids is 1. The van der Waals surface area contributed by atoms with Crippen LogP contribution in [0.2, 0.25) is 0 Å². The molecule has 1 unspecified atom stereocenters. The molecule has 0 bridgehead atoms. The van der Waals surface area contributed by atoms with Crippen LogP contribution in [0, 0.1) is 0 Å². The van der Waals surface area contributed by atoms with E-state index in [0.717, 1.165) is 0 Å². The molecular weight excluding hydrogens is 190 g/mol. The molecule has 0 fully saturated rings. The van der Waals surface area contributed by atoms with Crippen molar-refractivity contribution in [1.29, 1.82) is 0 Å². The standard InChI is InChI=1S/C7H11N3O4/c11-4-6(12)3-10-5(1-7(13)14)2-8-9-10/h2,6,11-12H,1,3-4H2,(H,13,14). The number of hydrogen-bond acceptors (Lipinski definition) is 5. The maximum absolute atomic E-state index is 10.4. The second kappa shape index (κ2) is 4.68. The number of carbonyl (C=O) groups is 1. The van der Waals surface area contributed by atoms with Crippen molar-refractivity contribution in [2.45, 2.75) is 19.1 Å². The highest BCUT2D eigenvalue weighted by Crippen LogP contribution is 1.99. The van der Waals surface area contributed by atoms with Crippen LogP contribution in [0.15, 0.2) is 6.20 Å². The van der Waals surface area contributed by atoms with Gasteiger partial charge in [0.1, 0.15) is 0 Å². The van der Waals surface area contributed by atoms with E-state index in [1.165, 1.54) is 10.9 Å². The van der Waals surface area contributed by atoms with E-state index in [1.807, 2.05) is 0 Å². The van der Waals surface area contributed by atoms with Crippen molar-refractivity contribution >= 4 is 5.97 Å². The minimum Gasteiger partial charge on any atom is -0.481 e. The van der Waals surface area contributed by atoms with Gasteiger partial charge in [0.05, 0.1) is 37.6 Å². The average Bonchev–Trinajstić information content (AvgIpc) is 2.52. The molecule has 1 rings (SSSR count). The minimum atomic E-state index is -0.993. The molecule has 0 amide bonds. The molecule has 0 aliphatic heterocycles. The Morgan fingerprint density at radius 3 is 2.93 bits per heavy atom. The first-order valence-electron chi connectivity index (χ1n) is 4.01. The van der Waals surface area contributed by atoms with Gasteiger partial charge in [-0.2, -0.15) is 0 Å². The lowest BCUT2D eigenvalue weighted by Gasteiger charge is -2.08. The number of aliphatic hydroxyl groups is 2. The van der Waals surface area contributed by atoms with Gasteiger partial charge in [-0.1, -0.05) is 5.21 Å². The molecular formula is C7H11N3O4. The van der Waals surface area contributed by atoms with Gasteiger partial charge in [-0.25, -0.2) is 4.68 Å². The lowest BCUT2D eigenvalue weighted by molar-refractivity contribution is -0.136. The van der Waals surface area contributed by atoms with Crippen molar-refractivity contribution in [2.24, 2.45) is 0 Å². The molecule has 7 heteroatoms. The summed E-state index contributed by atoms with van der Waals surface area (Å²) in [5.41, 5.74) is 0.394. The van der Waals surface area contributed by atoms with Crippen LogP contribution in [0.4, 0.5) is 0 Å². The van der Waals surface area contributed by atoms with E-state index in [4.69, 9.17) is 15.3 Å². The summed E-state index contributed by atoms with van der Waals surface area (Å²) in [6.45, 7) is -0.356. The molecule has 0 spiro atoms. The summed E-state index contributed by atoms with van der Waals surface area (Å²) in [6.07, 6.45) is 0.160. The van der Waals surface area contributed by atoms with Gasteiger partial charge >= 0.3 is 5.97 Å². The Labute approximate surface area is 79.6 Å². The van der Waals surface area contributed by atoms with E-state index in [2.05, 4.69) is 10.3 Å². The number of rotatable bonds is 5. The first-order chi connectivity index (χ1) is 6.63. The predicted octanol–water partition coefficient (Wildman–Crippen LogP) is -1.74. The van der Waals surface area contributed by atoms with E-state index < -0.39 is 18.7 Å². The molecule has 0 saturated carbocycles. The van der Waals surface area contributed by atoms with Crippen molar-refractivity contribution in [3.05, 3.63) is 11.9 Å². The van der Waals surface area contributed by atoms with Crippen LogP contribution >= 0.6 is 0 Å². The molecule has 0 radical (unpaired) electrons. The third-order valence-corrected chi connectivity index (χ3v) is 1.62. The summed E-state index contributed by atoms with van der Waals surface area (Å²) in [7, 11) is 0. The molecule has 1 aromatic heterocycles. The minimum absolute atomic E-state index is 0.0408. The van der Waals surface area contributed by atoms with Crippen molar-refractivity contribution in [3.63, 3.8) is 0 Å². The highest BCUT2D eigenvalue weighted by Gasteiger charge is 2.11. The van der Waals surface area contributed by atoms with Crippen LogP contribution in [0.25, 0.3) is 0 Å². The van der Waals surface area contributed by atoms with Crippen LogP contribution in [-0.2, 0) is 17.8 Å². The predicted molar refractivity (Wildman–Crippen MR) is 44.5 cm³/mol. The van der Waals surface area contributed by atoms with Crippen LogP contribution in [0.5, 0.6) is 0 Å². The van der Waals surface area contributed by atoms with Gasteiger partial charge in [0, 0.05) is 0 Å². The first kappa shape index (κ1) is 10.6. The monoisotopic (exact) mass is 201 g/mol.